The molecule has 0 amide bonds. The Morgan fingerprint density at radius 2 is 1.86 bits per heavy atom. The number of esters is 1. The monoisotopic (exact) mass is 290 g/mol. The van der Waals surface area contributed by atoms with Crippen molar-refractivity contribution in [1.82, 2.24) is 0 Å². The summed E-state index contributed by atoms with van der Waals surface area (Å²) in [6.07, 6.45) is 2.15. The summed E-state index contributed by atoms with van der Waals surface area (Å²) in [7, 11) is 0. The van der Waals surface area contributed by atoms with Crippen LogP contribution in [0, 0.1) is 5.92 Å². The summed E-state index contributed by atoms with van der Waals surface area (Å²) in [5.41, 5.74) is 1.18. The van der Waals surface area contributed by atoms with Crippen molar-refractivity contribution in [2.75, 3.05) is 0 Å². The minimum atomic E-state index is -0.978. The molecule has 0 aliphatic carbocycles. The highest BCUT2D eigenvalue weighted by Gasteiger charge is 2.34. The van der Waals surface area contributed by atoms with Crippen molar-refractivity contribution < 1.29 is 19.4 Å². The second-order valence-electron chi connectivity index (χ2n) is 5.85. The van der Waals surface area contributed by atoms with E-state index in [0.717, 1.165) is 6.42 Å². The molecule has 1 aromatic rings. The van der Waals surface area contributed by atoms with Gasteiger partial charge < -0.3 is 14.6 Å². The van der Waals surface area contributed by atoms with Gasteiger partial charge in [-0.2, -0.15) is 0 Å². The van der Waals surface area contributed by atoms with Crippen LogP contribution in [0.2, 0.25) is 0 Å². The van der Waals surface area contributed by atoms with E-state index >= 15 is 0 Å². The van der Waals surface area contributed by atoms with Crippen molar-refractivity contribution in [1.29, 1.82) is 0 Å². The van der Waals surface area contributed by atoms with Crippen molar-refractivity contribution in [3.8, 4) is 0 Å². The van der Waals surface area contributed by atoms with Crippen LogP contribution in [0.15, 0.2) is 42.2 Å². The Bertz CT molecular complexity index is 519. The van der Waals surface area contributed by atoms with E-state index in [2.05, 4.69) is 0 Å². The van der Waals surface area contributed by atoms with Gasteiger partial charge in [0.1, 0.15) is 5.76 Å². The number of ether oxygens (including phenoxy) is 2. The summed E-state index contributed by atoms with van der Waals surface area (Å²) >= 11 is 0. The molecule has 1 aromatic carbocycles. The van der Waals surface area contributed by atoms with Crippen LogP contribution in [-0.2, 0) is 20.7 Å². The molecule has 1 N–H and O–H groups in total. The molecule has 2 rings (SSSR count). The molecule has 1 aliphatic rings. The van der Waals surface area contributed by atoms with Crippen molar-refractivity contribution in [2.24, 2.45) is 5.92 Å². The van der Waals surface area contributed by atoms with E-state index < -0.39 is 17.9 Å². The maximum absolute atomic E-state index is 11.5. The van der Waals surface area contributed by atoms with Crippen LogP contribution in [0.1, 0.15) is 32.8 Å². The number of aliphatic hydroxyl groups is 1. The normalized spacial score (nSPS) is 20.0. The zero-order chi connectivity index (χ0) is 15.5. The number of hydrogen-bond acceptors (Lipinski definition) is 4. The lowest BCUT2D eigenvalue weighted by Gasteiger charge is -2.34. The maximum atomic E-state index is 11.5. The molecule has 0 spiro atoms. The van der Waals surface area contributed by atoms with Crippen LogP contribution in [0.25, 0.3) is 0 Å². The van der Waals surface area contributed by atoms with Gasteiger partial charge in [0.2, 0.25) is 5.79 Å². The number of rotatable bonds is 5. The number of cyclic esters (lactones) is 1. The Hall–Kier alpha value is -1.81. The molecule has 4 heteroatoms. The van der Waals surface area contributed by atoms with Crippen LogP contribution >= 0.6 is 0 Å². The second-order valence-corrected chi connectivity index (χ2v) is 5.85. The fraction of sp³-hybridized carbons (Fsp3) is 0.471. The van der Waals surface area contributed by atoms with E-state index in [-0.39, 0.29) is 5.92 Å². The number of hydrogen-bond donors (Lipinski definition) is 1. The number of carbonyl (C=O) groups is 1. The average Bonchev–Trinajstić information content (AvgIpc) is 2.43. The lowest BCUT2D eigenvalue weighted by atomic mass is 9.95. The first-order chi connectivity index (χ1) is 9.87. The molecule has 0 saturated carbocycles. The zero-order valence-electron chi connectivity index (χ0n) is 12.7. The molecule has 1 heterocycles. The lowest BCUT2D eigenvalue weighted by Crippen LogP contribution is -2.37. The topological polar surface area (TPSA) is 55.8 Å². The smallest absolute Gasteiger partial charge is 0.337 e. The van der Waals surface area contributed by atoms with Gasteiger partial charge >= 0.3 is 5.97 Å². The van der Waals surface area contributed by atoms with Crippen LogP contribution in [0.3, 0.4) is 0 Å². The van der Waals surface area contributed by atoms with Gasteiger partial charge in [0.25, 0.3) is 0 Å². The number of aliphatic hydroxyl groups excluding tert-OH is 1. The van der Waals surface area contributed by atoms with E-state index in [1.54, 1.807) is 13.8 Å². The summed E-state index contributed by atoms with van der Waals surface area (Å²) < 4.78 is 10.7. The third-order valence-corrected chi connectivity index (χ3v) is 3.57. The van der Waals surface area contributed by atoms with Crippen molar-refractivity contribution >= 4 is 5.97 Å². The SMILES string of the molecule is C[C@@H](C1=CC(=O)OC(C)(C)O1)[C@@H](O)CCc1ccccc1. The largest absolute Gasteiger partial charge is 0.456 e. The maximum Gasteiger partial charge on any atom is 0.337 e. The minimum Gasteiger partial charge on any atom is -0.456 e. The molecule has 0 aromatic heterocycles. The quantitative estimate of drug-likeness (QED) is 0.847. The molecule has 0 unspecified atom stereocenters. The second kappa shape index (κ2) is 6.31. The Morgan fingerprint density at radius 1 is 1.19 bits per heavy atom. The molecule has 114 valence electrons. The van der Waals surface area contributed by atoms with E-state index in [1.165, 1.54) is 11.6 Å². The predicted molar refractivity (Wildman–Crippen MR) is 79.3 cm³/mol. The Kier molecular flexibility index (Phi) is 4.68. The van der Waals surface area contributed by atoms with Crippen molar-refractivity contribution in [3.05, 3.63) is 47.7 Å². The van der Waals surface area contributed by atoms with Crippen LogP contribution in [-0.4, -0.2) is 23.0 Å². The van der Waals surface area contributed by atoms with Gasteiger partial charge in [-0.3, -0.25) is 0 Å². The molecule has 4 nitrogen and oxygen atoms in total. The highest BCUT2D eigenvalue weighted by atomic mass is 16.7. The number of carbonyl (C=O) groups excluding carboxylic acids is 1. The van der Waals surface area contributed by atoms with Crippen molar-refractivity contribution in [3.63, 3.8) is 0 Å². The standard InChI is InChI=1S/C17H22O4/c1-12(15-11-16(19)21-17(2,3)20-15)14(18)10-9-13-7-5-4-6-8-13/h4-8,11-12,14,18H,9-10H2,1-3H3/t12-,14+/m1/s1. The third kappa shape index (κ3) is 4.33. The highest BCUT2D eigenvalue weighted by molar-refractivity contribution is 5.83. The van der Waals surface area contributed by atoms with Gasteiger partial charge in [0.15, 0.2) is 0 Å². The molecular weight excluding hydrogens is 268 g/mol. The molecule has 1 aliphatic heterocycles. The van der Waals surface area contributed by atoms with Gasteiger partial charge in [-0.05, 0) is 18.4 Å². The van der Waals surface area contributed by atoms with E-state index in [0.29, 0.717) is 12.2 Å². The molecular formula is C17H22O4. The molecule has 0 fully saturated rings. The highest BCUT2D eigenvalue weighted by Crippen LogP contribution is 2.29. The van der Waals surface area contributed by atoms with Gasteiger partial charge in [-0.15, -0.1) is 0 Å². The molecule has 21 heavy (non-hydrogen) atoms. The first kappa shape index (κ1) is 15.6. The molecule has 0 bridgehead atoms. The Labute approximate surface area is 125 Å². The summed E-state index contributed by atoms with van der Waals surface area (Å²) in [4.78, 5) is 11.5. The zero-order valence-corrected chi connectivity index (χ0v) is 12.7. The average molecular weight is 290 g/mol. The molecule has 2 atom stereocenters. The van der Waals surface area contributed by atoms with E-state index in [9.17, 15) is 9.90 Å². The van der Waals surface area contributed by atoms with Gasteiger partial charge in [-0.25, -0.2) is 4.79 Å². The van der Waals surface area contributed by atoms with Gasteiger partial charge in [0.05, 0.1) is 12.2 Å². The van der Waals surface area contributed by atoms with Crippen LogP contribution in [0.4, 0.5) is 0 Å². The summed E-state index contributed by atoms with van der Waals surface area (Å²) in [5, 5.41) is 10.3. The summed E-state index contributed by atoms with van der Waals surface area (Å²) in [6, 6.07) is 10.0. The van der Waals surface area contributed by atoms with E-state index in [1.807, 2.05) is 37.3 Å². The third-order valence-electron chi connectivity index (χ3n) is 3.57. The fourth-order valence-corrected chi connectivity index (χ4v) is 2.35. The summed E-state index contributed by atoms with van der Waals surface area (Å²) in [6.45, 7) is 5.22. The van der Waals surface area contributed by atoms with Crippen LogP contribution < -0.4 is 0 Å². The predicted octanol–water partition coefficient (Wildman–Crippen LogP) is 2.81. The Balaban J connectivity index is 1.96. The number of benzene rings is 1. The number of aryl methyl sites for hydroxylation is 1. The molecule has 0 saturated heterocycles. The van der Waals surface area contributed by atoms with Crippen molar-refractivity contribution in [2.45, 2.75) is 45.5 Å². The first-order valence-corrected chi connectivity index (χ1v) is 7.23. The first-order valence-electron chi connectivity index (χ1n) is 7.23. The minimum absolute atomic E-state index is 0.249. The van der Waals surface area contributed by atoms with Crippen LogP contribution in [0.5, 0.6) is 0 Å². The van der Waals surface area contributed by atoms with Gasteiger partial charge in [-0.1, -0.05) is 37.3 Å². The fourth-order valence-electron chi connectivity index (χ4n) is 2.35. The van der Waals surface area contributed by atoms with E-state index in [4.69, 9.17) is 9.47 Å². The molecule has 0 radical (unpaired) electrons. The lowest BCUT2D eigenvalue weighted by molar-refractivity contribution is -0.209. The van der Waals surface area contributed by atoms with Gasteiger partial charge in [0, 0.05) is 19.8 Å². The Morgan fingerprint density at radius 3 is 2.48 bits per heavy atom. The summed E-state index contributed by atoms with van der Waals surface area (Å²) in [5.74, 6) is -1.17.